The number of anilines is 2. The lowest BCUT2D eigenvalue weighted by molar-refractivity contribution is -0.390. The number of aromatic nitrogens is 1. The number of rotatable bonds is 8. The van der Waals surface area contributed by atoms with Crippen molar-refractivity contribution in [3.05, 3.63) is 52.7 Å². The molecule has 0 atom stereocenters. The van der Waals surface area contributed by atoms with Crippen LogP contribution in [0.1, 0.15) is 20.8 Å². The van der Waals surface area contributed by atoms with E-state index in [0.29, 0.717) is 11.7 Å². The molecule has 0 spiro atoms. The fraction of sp³-hybridized carbons (Fsp3) is 0.333. The Morgan fingerprint density at radius 3 is 2.58 bits per heavy atom. The smallest absolute Gasteiger partial charge is 0.406 e. The topological polar surface area (TPSA) is 97.6 Å². The Morgan fingerprint density at radius 2 is 2.00 bits per heavy atom. The van der Waals surface area contributed by atoms with E-state index in [9.17, 15) is 14.9 Å². The van der Waals surface area contributed by atoms with Gasteiger partial charge in [-0.15, -0.1) is 0 Å². The molecule has 0 unspecified atom stereocenters. The van der Waals surface area contributed by atoms with Crippen molar-refractivity contribution in [1.82, 2.24) is 4.98 Å². The number of benzene rings is 1. The molecule has 1 N–H and O–H groups in total. The maximum Gasteiger partial charge on any atom is 0.406 e. The molecule has 8 heteroatoms. The fourth-order valence-corrected chi connectivity index (χ4v) is 2.55. The van der Waals surface area contributed by atoms with Crippen LogP contribution in [0.2, 0.25) is 0 Å². The van der Waals surface area contributed by atoms with Gasteiger partial charge in [0, 0.05) is 24.0 Å². The van der Waals surface area contributed by atoms with Crippen LogP contribution in [0.15, 0.2) is 42.6 Å². The zero-order valence-corrected chi connectivity index (χ0v) is 15.0. The number of nitro groups is 1. The summed E-state index contributed by atoms with van der Waals surface area (Å²) in [6.45, 7) is 6.87. The lowest BCUT2D eigenvalue weighted by atomic mass is 10.2. The van der Waals surface area contributed by atoms with Crippen molar-refractivity contribution in [3.63, 3.8) is 0 Å². The molecule has 2 rings (SSSR count). The highest BCUT2D eigenvalue weighted by atomic mass is 16.6. The van der Waals surface area contributed by atoms with Crippen molar-refractivity contribution >= 4 is 23.1 Å². The number of ether oxygens (including phenoxy) is 1. The Kier molecular flexibility index (Phi) is 6.48. The summed E-state index contributed by atoms with van der Waals surface area (Å²) in [6.07, 6.45) is 1.30. The number of carbonyl (C=O) groups excluding carboxylic acids is 1. The van der Waals surface area contributed by atoms with Crippen molar-refractivity contribution in [3.8, 4) is 5.75 Å². The number of hydrogen-bond donors (Lipinski definition) is 1. The fourth-order valence-electron chi connectivity index (χ4n) is 2.55. The molecule has 1 amide bonds. The van der Waals surface area contributed by atoms with Crippen molar-refractivity contribution < 1.29 is 14.5 Å². The van der Waals surface area contributed by atoms with Crippen LogP contribution in [0.4, 0.5) is 17.2 Å². The maximum atomic E-state index is 12.0. The van der Waals surface area contributed by atoms with Crippen LogP contribution in [0.3, 0.4) is 0 Å². The highest BCUT2D eigenvalue weighted by Crippen LogP contribution is 2.23. The molecule has 0 aliphatic rings. The first-order valence-electron chi connectivity index (χ1n) is 8.31. The molecule has 0 fully saturated rings. The number of hydrogen-bond acceptors (Lipinski definition) is 6. The third-order valence-corrected chi connectivity index (χ3v) is 3.73. The van der Waals surface area contributed by atoms with Gasteiger partial charge in [0.1, 0.15) is 6.20 Å². The highest BCUT2D eigenvalue weighted by molar-refractivity contribution is 5.92. The molecule has 1 aromatic heterocycles. The number of pyridine rings is 1. The predicted molar refractivity (Wildman–Crippen MR) is 99.6 cm³/mol. The zero-order chi connectivity index (χ0) is 19.1. The summed E-state index contributed by atoms with van der Waals surface area (Å²) in [7, 11) is 0. The minimum atomic E-state index is -0.653. The molecule has 0 aliphatic carbocycles. The van der Waals surface area contributed by atoms with Gasteiger partial charge >= 0.3 is 5.82 Å². The second kappa shape index (κ2) is 8.80. The van der Waals surface area contributed by atoms with Gasteiger partial charge < -0.3 is 25.1 Å². The van der Waals surface area contributed by atoms with Crippen LogP contribution in [-0.2, 0) is 4.79 Å². The van der Waals surface area contributed by atoms with E-state index in [0.717, 1.165) is 12.2 Å². The normalized spacial score (nSPS) is 10.5. The minimum absolute atomic E-state index is 0.0430. The number of nitrogens with one attached hydrogen (secondary N) is 1. The summed E-state index contributed by atoms with van der Waals surface area (Å²) >= 11 is 0. The third-order valence-electron chi connectivity index (χ3n) is 3.73. The molecule has 0 radical (unpaired) electrons. The minimum Gasteiger partial charge on any atom is -0.476 e. The summed E-state index contributed by atoms with van der Waals surface area (Å²) in [4.78, 5) is 28.1. The van der Waals surface area contributed by atoms with Crippen LogP contribution in [-0.4, -0.2) is 35.0 Å². The number of amides is 1. The molecule has 0 saturated carbocycles. The van der Waals surface area contributed by atoms with E-state index in [-0.39, 0.29) is 12.4 Å². The van der Waals surface area contributed by atoms with E-state index in [4.69, 9.17) is 4.74 Å². The first-order chi connectivity index (χ1) is 12.4. The molecule has 1 heterocycles. The third kappa shape index (κ3) is 4.92. The van der Waals surface area contributed by atoms with Crippen LogP contribution in [0.5, 0.6) is 5.75 Å². The summed E-state index contributed by atoms with van der Waals surface area (Å²) in [5.74, 6) is -0.872. The van der Waals surface area contributed by atoms with Gasteiger partial charge in [0.25, 0.3) is 5.91 Å². The van der Waals surface area contributed by atoms with Gasteiger partial charge in [-0.2, -0.15) is 0 Å². The molecule has 0 bridgehead atoms. The molecular formula is C18H22N4O4. The van der Waals surface area contributed by atoms with E-state index in [1.807, 2.05) is 24.3 Å². The standard InChI is InChI=1S/C18H22N4O4/c1-4-21(13(2)3)15-9-7-14(8-10-15)20-17(23)12-26-16-6-5-11-19-18(16)22(24)25/h5-11,13H,4,12H2,1-3H3,(H,20,23). The highest BCUT2D eigenvalue weighted by Gasteiger charge is 2.16. The maximum absolute atomic E-state index is 12.0. The lowest BCUT2D eigenvalue weighted by Crippen LogP contribution is -2.30. The molecule has 26 heavy (non-hydrogen) atoms. The van der Waals surface area contributed by atoms with Gasteiger partial charge in [-0.05, 0) is 67.1 Å². The van der Waals surface area contributed by atoms with E-state index in [2.05, 4.69) is 36.0 Å². The van der Waals surface area contributed by atoms with Crippen molar-refractivity contribution in [1.29, 1.82) is 0 Å². The van der Waals surface area contributed by atoms with Crippen molar-refractivity contribution in [2.45, 2.75) is 26.8 Å². The summed E-state index contributed by atoms with van der Waals surface area (Å²) in [6, 6.07) is 10.8. The Hall–Kier alpha value is -3.16. The summed E-state index contributed by atoms with van der Waals surface area (Å²) in [5.41, 5.74) is 1.70. The van der Waals surface area contributed by atoms with E-state index >= 15 is 0 Å². The predicted octanol–water partition coefficient (Wildman–Crippen LogP) is 3.24. The molecule has 138 valence electrons. The summed E-state index contributed by atoms with van der Waals surface area (Å²) < 4.78 is 5.22. The van der Waals surface area contributed by atoms with Gasteiger partial charge in [-0.1, -0.05) is 0 Å². The molecule has 8 nitrogen and oxygen atoms in total. The number of nitrogens with zero attached hydrogens (tertiary/aromatic N) is 3. The Morgan fingerprint density at radius 1 is 1.31 bits per heavy atom. The van der Waals surface area contributed by atoms with Gasteiger partial charge in [0.05, 0.1) is 0 Å². The van der Waals surface area contributed by atoms with Gasteiger partial charge in [-0.25, -0.2) is 0 Å². The molecule has 0 saturated heterocycles. The van der Waals surface area contributed by atoms with E-state index in [1.54, 1.807) is 0 Å². The zero-order valence-electron chi connectivity index (χ0n) is 15.0. The van der Waals surface area contributed by atoms with Crippen molar-refractivity contribution in [2.75, 3.05) is 23.4 Å². The average molecular weight is 358 g/mol. The summed E-state index contributed by atoms with van der Waals surface area (Å²) in [5, 5.41) is 13.6. The van der Waals surface area contributed by atoms with Gasteiger partial charge in [-0.3, -0.25) is 4.79 Å². The molecular weight excluding hydrogens is 336 g/mol. The quantitative estimate of drug-likeness (QED) is 0.575. The first-order valence-corrected chi connectivity index (χ1v) is 8.31. The van der Waals surface area contributed by atoms with E-state index < -0.39 is 16.6 Å². The van der Waals surface area contributed by atoms with Crippen LogP contribution in [0, 0.1) is 10.1 Å². The van der Waals surface area contributed by atoms with Crippen molar-refractivity contribution in [2.24, 2.45) is 0 Å². The lowest BCUT2D eigenvalue weighted by Gasteiger charge is -2.27. The number of carbonyl (C=O) groups is 1. The van der Waals surface area contributed by atoms with Crippen LogP contribution < -0.4 is 15.0 Å². The van der Waals surface area contributed by atoms with Gasteiger partial charge in [0.15, 0.2) is 6.61 Å². The largest absolute Gasteiger partial charge is 0.476 e. The SMILES string of the molecule is CCN(c1ccc(NC(=O)COc2cccnc2[N+](=O)[O-])cc1)C(C)C. The Balaban J connectivity index is 1.95. The van der Waals surface area contributed by atoms with Crippen LogP contribution >= 0.6 is 0 Å². The first kappa shape index (κ1) is 19.2. The molecule has 0 aliphatic heterocycles. The second-order valence-corrected chi connectivity index (χ2v) is 5.85. The Labute approximate surface area is 152 Å². The van der Waals surface area contributed by atoms with Gasteiger partial charge in [0.2, 0.25) is 5.75 Å². The Bertz CT molecular complexity index is 762. The second-order valence-electron chi connectivity index (χ2n) is 5.85. The molecule has 1 aromatic carbocycles. The monoisotopic (exact) mass is 358 g/mol. The molecule has 2 aromatic rings. The van der Waals surface area contributed by atoms with E-state index in [1.165, 1.54) is 18.3 Å². The van der Waals surface area contributed by atoms with Crippen LogP contribution in [0.25, 0.3) is 0 Å². The average Bonchev–Trinajstić information content (AvgIpc) is 2.62.